The van der Waals surface area contributed by atoms with Gasteiger partial charge in [0.15, 0.2) is 5.96 Å². The van der Waals surface area contributed by atoms with Gasteiger partial charge in [0.05, 0.1) is 0 Å². The van der Waals surface area contributed by atoms with E-state index in [1.807, 2.05) is 18.2 Å². The van der Waals surface area contributed by atoms with Crippen LogP contribution in [0, 0.1) is 0 Å². The first-order valence-corrected chi connectivity index (χ1v) is 9.54. The van der Waals surface area contributed by atoms with E-state index in [9.17, 15) is 4.79 Å². The molecule has 7 heteroatoms. The van der Waals surface area contributed by atoms with E-state index in [1.165, 1.54) is 5.56 Å². The summed E-state index contributed by atoms with van der Waals surface area (Å²) in [5, 5.41) is 9.67. The zero-order valence-electron chi connectivity index (χ0n) is 16.9. The topological polar surface area (TPSA) is 68.8 Å². The molecule has 2 rings (SSSR count). The molecule has 1 amide bonds. The van der Waals surface area contributed by atoms with E-state index < -0.39 is 0 Å². The van der Waals surface area contributed by atoms with Gasteiger partial charge in [-0.1, -0.05) is 18.2 Å². The molecule has 1 unspecified atom stereocenters. The standard InChI is InChI=1S/C20H33N5O.HI/c1-15(2)25(4)12-8-7-11-22-20(21-3)23-14-16-13-19(26)24-18-10-6-5-9-17(16)18;/h5-6,9-10,15-16H,7-8,11-14H2,1-4H3,(H,24,26)(H2,21,22,23);1H. The average Bonchev–Trinajstić information content (AvgIpc) is 2.63. The van der Waals surface area contributed by atoms with E-state index in [4.69, 9.17) is 0 Å². The van der Waals surface area contributed by atoms with Crippen LogP contribution < -0.4 is 16.0 Å². The SMILES string of the molecule is CN=C(NCCCCN(C)C(C)C)NCC1CC(=O)Nc2ccccc21.I. The Bertz CT molecular complexity index is 620. The highest BCUT2D eigenvalue weighted by molar-refractivity contribution is 14.0. The fourth-order valence-electron chi connectivity index (χ4n) is 3.08. The number of nitrogens with one attached hydrogen (secondary N) is 3. The summed E-state index contributed by atoms with van der Waals surface area (Å²) in [5.41, 5.74) is 2.11. The lowest BCUT2D eigenvalue weighted by Gasteiger charge is -2.26. The maximum atomic E-state index is 11.9. The molecule has 1 atom stereocenters. The number of unbranched alkanes of at least 4 members (excludes halogenated alkanes) is 1. The Hall–Kier alpha value is -1.35. The lowest BCUT2D eigenvalue weighted by molar-refractivity contribution is -0.116. The third kappa shape index (κ3) is 7.65. The number of rotatable bonds is 8. The summed E-state index contributed by atoms with van der Waals surface area (Å²) in [6, 6.07) is 8.60. The number of anilines is 1. The number of hydrogen-bond acceptors (Lipinski definition) is 3. The predicted octanol–water partition coefficient (Wildman–Crippen LogP) is 3.02. The van der Waals surface area contributed by atoms with Gasteiger partial charge in [0.1, 0.15) is 0 Å². The summed E-state index contributed by atoms with van der Waals surface area (Å²) in [6.07, 6.45) is 2.77. The molecule has 0 spiro atoms. The van der Waals surface area contributed by atoms with Crippen molar-refractivity contribution in [1.29, 1.82) is 0 Å². The fraction of sp³-hybridized carbons (Fsp3) is 0.600. The molecule has 0 radical (unpaired) electrons. The molecule has 6 nitrogen and oxygen atoms in total. The Morgan fingerprint density at radius 2 is 2.04 bits per heavy atom. The van der Waals surface area contributed by atoms with Crippen LogP contribution in [0.5, 0.6) is 0 Å². The number of amides is 1. The van der Waals surface area contributed by atoms with Crippen LogP contribution in [0.4, 0.5) is 5.69 Å². The van der Waals surface area contributed by atoms with Crippen molar-refractivity contribution in [3.8, 4) is 0 Å². The number of fused-ring (bicyclic) bond motifs is 1. The second-order valence-electron chi connectivity index (χ2n) is 7.20. The van der Waals surface area contributed by atoms with Crippen molar-refractivity contribution in [2.45, 2.75) is 45.1 Å². The van der Waals surface area contributed by atoms with Crippen LogP contribution in [0.25, 0.3) is 0 Å². The molecule has 1 aliphatic rings. The van der Waals surface area contributed by atoms with Gasteiger partial charge < -0.3 is 20.9 Å². The van der Waals surface area contributed by atoms with Crippen LogP contribution in [-0.2, 0) is 4.79 Å². The molecule has 1 aromatic carbocycles. The van der Waals surface area contributed by atoms with Crippen molar-refractivity contribution >= 4 is 41.5 Å². The number of hydrogen-bond donors (Lipinski definition) is 3. The summed E-state index contributed by atoms with van der Waals surface area (Å²) >= 11 is 0. The van der Waals surface area contributed by atoms with E-state index >= 15 is 0 Å². The summed E-state index contributed by atoms with van der Waals surface area (Å²) in [6.45, 7) is 7.13. The zero-order valence-corrected chi connectivity index (χ0v) is 19.2. The minimum atomic E-state index is 0. The van der Waals surface area contributed by atoms with Crippen LogP contribution >= 0.6 is 24.0 Å². The molecule has 1 heterocycles. The molecule has 1 aliphatic heterocycles. The van der Waals surface area contributed by atoms with Crippen molar-refractivity contribution in [2.75, 3.05) is 39.0 Å². The first-order chi connectivity index (χ1) is 12.5. The lowest BCUT2D eigenvalue weighted by Crippen LogP contribution is -2.41. The molecular weight excluding hydrogens is 453 g/mol. The summed E-state index contributed by atoms with van der Waals surface area (Å²) in [5.74, 6) is 1.04. The molecule has 0 aliphatic carbocycles. The van der Waals surface area contributed by atoms with Crippen molar-refractivity contribution < 1.29 is 4.79 Å². The number of carbonyl (C=O) groups excluding carboxylic acids is 1. The Labute approximate surface area is 180 Å². The molecule has 0 saturated carbocycles. The quantitative estimate of drug-likeness (QED) is 0.228. The largest absolute Gasteiger partial charge is 0.356 e. The molecule has 1 aromatic rings. The zero-order chi connectivity index (χ0) is 18.9. The number of para-hydroxylation sites is 1. The molecule has 0 aromatic heterocycles. The van der Waals surface area contributed by atoms with E-state index in [1.54, 1.807) is 7.05 Å². The second kappa shape index (κ2) is 12.2. The molecule has 0 fully saturated rings. The van der Waals surface area contributed by atoms with Gasteiger partial charge in [-0.2, -0.15) is 0 Å². The third-order valence-corrected chi connectivity index (χ3v) is 4.96. The fourth-order valence-corrected chi connectivity index (χ4v) is 3.08. The highest BCUT2D eigenvalue weighted by Crippen LogP contribution is 2.31. The Balaban J connectivity index is 0.00000364. The number of aliphatic imine (C=N–C) groups is 1. The Morgan fingerprint density at radius 3 is 2.74 bits per heavy atom. The average molecular weight is 487 g/mol. The van der Waals surface area contributed by atoms with Gasteiger partial charge in [-0.15, -0.1) is 24.0 Å². The number of carbonyl (C=O) groups is 1. The Morgan fingerprint density at radius 1 is 1.30 bits per heavy atom. The maximum absolute atomic E-state index is 11.9. The van der Waals surface area contributed by atoms with Gasteiger partial charge in [0, 0.05) is 44.2 Å². The number of guanidine groups is 1. The molecule has 27 heavy (non-hydrogen) atoms. The first-order valence-electron chi connectivity index (χ1n) is 9.54. The van der Waals surface area contributed by atoms with Gasteiger partial charge in [0.2, 0.25) is 5.91 Å². The molecular formula is C20H34IN5O. The Kier molecular flexibility index (Phi) is 10.7. The molecule has 0 bridgehead atoms. The maximum Gasteiger partial charge on any atom is 0.225 e. The van der Waals surface area contributed by atoms with Gasteiger partial charge in [0.25, 0.3) is 0 Å². The summed E-state index contributed by atoms with van der Waals surface area (Å²) < 4.78 is 0. The van der Waals surface area contributed by atoms with Crippen LogP contribution in [0.3, 0.4) is 0 Å². The predicted molar refractivity (Wildman–Crippen MR) is 124 cm³/mol. The van der Waals surface area contributed by atoms with E-state index in [2.05, 4.69) is 52.8 Å². The summed E-state index contributed by atoms with van der Waals surface area (Å²) in [7, 11) is 3.94. The normalized spacial score (nSPS) is 16.6. The van der Waals surface area contributed by atoms with E-state index in [-0.39, 0.29) is 35.8 Å². The van der Waals surface area contributed by atoms with Gasteiger partial charge >= 0.3 is 0 Å². The monoisotopic (exact) mass is 487 g/mol. The molecule has 152 valence electrons. The minimum absolute atomic E-state index is 0. The smallest absolute Gasteiger partial charge is 0.225 e. The minimum Gasteiger partial charge on any atom is -0.356 e. The van der Waals surface area contributed by atoms with Crippen molar-refractivity contribution in [1.82, 2.24) is 15.5 Å². The van der Waals surface area contributed by atoms with Gasteiger partial charge in [-0.3, -0.25) is 9.79 Å². The van der Waals surface area contributed by atoms with Crippen molar-refractivity contribution in [2.24, 2.45) is 4.99 Å². The van der Waals surface area contributed by atoms with Crippen molar-refractivity contribution in [3.63, 3.8) is 0 Å². The van der Waals surface area contributed by atoms with Gasteiger partial charge in [-0.05, 0) is 51.9 Å². The number of nitrogens with zero attached hydrogens (tertiary/aromatic N) is 2. The first kappa shape index (κ1) is 23.7. The lowest BCUT2D eigenvalue weighted by atomic mass is 9.90. The van der Waals surface area contributed by atoms with Crippen LogP contribution in [0.2, 0.25) is 0 Å². The van der Waals surface area contributed by atoms with E-state index in [0.29, 0.717) is 19.0 Å². The summed E-state index contributed by atoms with van der Waals surface area (Å²) in [4.78, 5) is 18.6. The molecule has 3 N–H and O–H groups in total. The van der Waals surface area contributed by atoms with Crippen LogP contribution in [0.1, 0.15) is 44.6 Å². The van der Waals surface area contributed by atoms with Crippen molar-refractivity contribution in [3.05, 3.63) is 29.8 Å². The highest BCUT2D eigenvalue weighted by Gasteiger charge is 2.24. The van der Waals surface area contributed by atoms with Crippen LogP contribution in [-0.4, -0.2) is 56.5 Å². The highest BCUT2D eigenvalue weighted by atomic mass is 127. The molecule has 0 saturated heterocycles. The van der Waals surface area contributed by atoms with Crippen LogP contribution in [0.15, 0.2) is 29.3 Å². The number of benzene rings is 1. The van der Waals surface area contributed by atoms with E-state index in [0.717, 1.165) is 37.6 Å². The number of halogens is 1. The third-order valence-electron chi connectivity index (χ3n) is 4.96. The van der Waals surface area contributed by atoms with Gasteiger partial charge in [-0.25, -0.2) is 0 Å². The second-order valence-corrected chi connectivity index (χ2v) is 7.20.